The first kappa shape index (κ1) is 15.4. The van der Waals surface area contributed by atoms with Crippen molar-refractivity contribution in [2.45, 2.75) is 40.2 Å². The zero-order valence-electron chi connectivity index (χ0n) is 10.8. The molecule has 0 heterocycles. The van der Waals surface area contributed by atoms with Crippen molar-refractivity contribution >= 4 is 5.91 Å². The molecule has 4 nitrogen and oxygen atoms in total. The number of carbonyl (C=O) groups is 1. The van der Waals surface area contributed by atoms with Crippen LogP contribution >= 0.6 is 0 Å². The second-order valence-corrected chi connectivity index (χ2v) is 4.64. The summed E-state index contributed by atoms with van der Waals surface area (Å²) in [6.07, 6.45) is 0.193. The van der Waals surface area contributed by atoms with Crippen LogP contribution in [0.5, 0.6) is 0 Å². The molecule has 0 aliphatic rings. The van der Waals surface area contributed by atoms with Gasteiger partial charge in [-0.1, -0.05) is 27.7 Å². The van der Waals surface area contributed by atoms with Crippen LogP contribution in [0.1, 0.15) is 34.1 Å². The predicted molar refractivity (Wildman–Crippen MR) is 64.1 cm³/mol. The highest BCUT2D eigenvalue weighted by atomic mass is 16.5. The molecule has 0 aliphatic heterocycles. The number of rotatable bonds is 8. The quantitative estimate of drug-likeness (QED) is 0.659. The second-order valence-electron chi connectivity index (χ2n) is 4.64. The number of amides is 1. The van der Waals surface area contributed by atoms with Crippen LogP contribution < -0.4 is 5.32 Å². The van der Waals surface area contributed by atoms with Crippen LogP contribution in [0.25, 0.3) is 0 Å². The Kier molecular flexibility index (Phi) is 8.21. The summed E-state index contributed by atoms with van der Waals surface area (Å²) in [5.41, 5.74) is 0. The molecule has 96 valence electrons. The highest BCUT2D eigenvalue weighted by Crippen LogP contribution is 1.99. The number of nitrogens with one attached hydrogen (secondary N) is 1. The summed E-state index contributed by atoms with van der Waals surface area (Å²) in [5.74, 6) is 0.455. The summed E-state index contributed by atoms with van der Waals surface area (Å²) in [6.45, 7) is 9.12. The van der Waals surface area contributed by atoms with Crippen molar-refractivity contribution in [3.8, 4) is 0 Å². The number of ether oxygens (including phenoxy) is 1. The first-order valence-corrected chi connectivity index (χ1v) is 6.00. The highest BCUT2D eigenvalue weighted by Gasteiger charge is 2.12. The van der Waals surface area contributed by atoms with Gasteiger partial charge in [-0.3, -0.25) is 4.79 Å². The fourth-order valence-electron chi connectivity index (χ4n) is 1.08. The third-order valence-electron chi connectivity index (χ3n) is 2.33. The molecule has 0 radical (unpaired) electrons. The van der Waals surface area contributed by atoms with Crippen LogP contribution in [-0.2, 0) is 9.53 Å². The van der Waals surface area contributed by atoms with E-state index in [1.807, 2.05) is 13.8 Å². The van der Waals surface area contributed by atoms with Gasteiger partial charge in [0, 0.05) is 19.1 Å². The van der Waals surface area contributed by atoms with E-state index in [0.29, 0.717) is 12.5 Å². The zero-order valence-corrected chi connectivity index (χ0v) is 10.8. The molecule has 0 saturated heterocycles. The lowest BCUT2D eigenvalue weighted by Crippen LogP contribution is -2.37. The van der Waals surface area contributed by atoms with Gasteiger partial charge >= 0.3 is 0 Å². The Hall–Kier alpha value is -0.610. The maximum atomic E-state index is 11.4. The van der Waals surface area contributed by atoms with Crippen molar-refractivity contribution in [2.75, 3.05) is 19.8 Å². The Morgan fingerprint density at radius 2 is 1.94 bits per heavy atom. The third-order valence-corrected chi connectivity index (χ3v) is 2.33. The molecule has 1 amide bonds. The Bertz CT molecular complexity index is 195. The van der Waals surface area contributed by atoms with Gasteiger partial charge in [-0.15, -0.1) is 0 Å². The normalized spacial score (nSPS) is 14.9. The van der Waals surface area contributed by atoms with Gasteiger partial charge in [-0.05, 0) is 12.3 Å². The Morgan fingerprint density at radius 1 is 1.31 bits per heavy atom. The van der Waals surface area contributed by atoms with E-state index in [9.17, 15) is 9.90 Å². The summed E-state index contributed by atoms with van der Waals surface area (Å²) in [7, 11) is 0. The van der Waals surface area contributed by atoms with E-state index >= 15 is 0 Å². The average Bonchev–Trinajstić information content (AvgIpc) is 2.24. The lowest BCUT2D eigenvalue weighted by molar-refractivity contribution is -0.125. The minimum atomic E-state index is -0.619. The van der Waals surface area contributed by atoms with Crippen LogP contribution in [0.4, 0.5) is 0 Å². The second kappa shape index (κ2) is 8.53. The van der Waals surface area contributed by atoms with Crippen molar-refractivity contribution in [3.63, 3.8) is 0 Å². The van der Waals surface area contributed by atoms with Gasteiger partial charge < -0.3 is 15.2 Å². The van der Waals surface area contributed by atoms with Crippen LogP contribution in [0.2, 0.25) is 0 Å². The number of carbonyl (C=O) groups excluding carboxylic acids is 1. The number of aliphatic hydroxyl groups is 1. The Labute approximate surface area is 98.4 Å². The Morgan fingerprint density at radius 3 is 2.44 bits per heavy atom. The zero-order chi connectivity index (χ0) is 12.6. The van der Waals surface area contributed by atoms with Crippen molar-refractivity contribution in [3.05, 3.63) is 0 Å². The molecule has 0 aliphatic carbocycles. The van der Waals surface area contributed by atoms with Crippen LogP contribution in [0.15, 0.2) is 0 Å². The molecular formula is C12H25NO3. The fourth-order valence-corrected chi connectivity index (χ4v) is 1.08. The van der Waals surface area contributed by atoms with E-state index in [1.165, 1.54) is 0 Å². The van der Waals surface area contributed by atoms with Crippen molar-refractivity contribution in [1.29, 1.82) is 0 Å². The maximum absolute atomic E-state index is 11.4. The van der Waals surface area contributed by atoms with Crippen molar-refractivity contribution < 1.29 is 14.6 Å². The first-order chi connectivity index (χ1) is 7.47. The summed E-state index contributed by atoms with van der Waals surface area (Å²) < 4.78 is 5.27. The molecular weight excluding hydrogens is 206 g/mol. The predicted octanol–water partition coefficient (Wildman–Crippen LogP) is 1.18. The van der Waals surface area contributed by atoms with E-state index in [1.54, 1.807) is 0 Å². The van der Waals surface area contributed by atoms with Crippen molar-refractivity contribution in [2.24, 2.45) is 11.8 Å². The van der Waals surface area contributed by atoms with Gasteiger partial charge in [0.1, 0.15) is 0 Å². The van der Waals surface area contributed by atoms with Crippen LogP contribution in [-0.4, -0.2) is 36.9 Å². The maximum Gasteiger partial charge on any atom is 0.222 e. The molecule has 0 aromatic carbocycles. The molecule has 0 fully saturated rings. The minimum Gasteiger partial charge on any atom is -0.389 e. The standard InChI is InChI=1S/C12H25NO3/c1-5-10(4)12(15)13-6-11(14)8-16-7-9(2)3/h9-11,14H,5-8H2,1-4H3,(H,13,15). The molecule has 2 N–H and O–H groups in total. The van der Waals surface area contributed by atoms with Gasteiger partial charge in [0.15, 0.2) is 0 Å². The minimum absolute atomic E-state index is 0.00350. The first-order valence-electron chi connectivity index (χ1n) is 6.00. The fraction of sp³-hybridized carbons (Fsp3) is 0.917. The van der Waals surface area contributed by atoms with Gasteiger partial charge in [-0.25, -0.2) is 0 Å². The summed E-state index contributed by atoms with van der Waals surface area (Å²) in [5, 5.41) is 12.2. The summed E-state index contributed by atoms with van der Waals surface area (Å²) >= 11 is 0. The largest absolute Gasteiger partial charge is 0.389 e. The smallest absolute Gasteiger partial charge is 0.222 e. The van der Waals surface area contributed by atoms with E-state index in [-0.39, 0.29) is 25.0 Å². The average molecular weight is 231 g/mol. The number of hydrogen-bond acceptors (Lipinski definition) is 3. The molecule has 2 unspecified atom stereocenters. The molecule has 0 aromatic heterocycles. The van der Waals surface area contributed by atoms with E-state index < -0.39 is 6.10 Å². The van der Waals surface area contributed by atoms with Crippen molar-refractivity contribution in [1.82, 2.24) is 5.32 Å². The molecule has 4 heteroatoms. The lowest BCUT2D eigenvalue weighted by atomic mass is 10.1. The van der Waals surface area contributed by atoms with E-state index in [0.717, 1.165) is 6.42 Å². The Balaban J connectivity index is 3.57. The van der Waals surface area contributed by atoms with Crippen LogP contribution in [0, 0.1) is 11.8 Å². The van der Waals surface area contributed by atoms with Gasteiger partial charge in [0.2, 0.25) is 5.91 Å². The topological polar surface area (TPSA) is 58.6 Å². The molecule has 0 aromatic rings. The molecule has 0 rings (SSSR count). The molecule has 0 spiro atoms. The number of aliphatic hydroxyl groups excluding tert-OH is 1. The van der Waals surface area contributed by atoms with Gasteiger partial charge in [-0.2, -0.15) is 0 Å². The van der Waals surface area contributed by atoms with Crippen LogP contribution in [0.3, 0.4) is 0 Å². The molecule has 16 heavy (non-hydrogen) atoms. The number of hydrogen-bond donors (Lipinski definition) is 2. The molecule has 2 atom stereocenters. The highest BCUT2D eigenvalue weighted by molar-refractivity contribution is 5.78. The monoisotopic (exact) mass is 231 g/mol. The van der Waals surface area contributed by atoms with Gasteiger partial charge in [0.25, 0.3) is 0 Å². The SMILES string of the molecule is CCC(C)C(=O)NCC(O)COCC(C)C. The third kappa shape index (κ3) is 7.65. The summed E-state index contributed by atoms with van der Waals surface area (Å²) in [4.78, 5) is 11.4. The van der Waals surface area contributed by atoms with E-state index in [4.69, 9.17) is 4.74 Å². The molecule has 0 bridgehead atoms. The molecule has 0 saturated carbocycles. The lowest BCUT2D eigenvalue weighted by Gasteiger charge is -2.15. The van der Waals surface area contributed by atoms with Gasteiger partial charge in [0.05, 0.1) is 12.7 Å². The van der Waals surface area contributed by atoms with E-state index in [2.05, 4.69) is 19.2 Å². The summed E-state index contributed by atoms with van der Waals surface area (Å²) in [6, 6.07) is 0.